The SMILES string of the molecule is Nc1c(Cl)cc([N+](=O)[O-])cc1C(=O)N1CCSCC1. The number of hydrogen-bond donors (Lipinski definition) is 1. The molecule has 1 aromatic carbocycles. The summed E-state index contributed by atoms with van der Waals surface area (Å²) < 4.78 is 0. The minimum Gasteiger partial charge on any atom is -0.397 e. The molecule has 0 spiro atoms. The van der Waals surface area contributed by atoms with Gasteiger partial charge in [0, 0.05) is 36.7 Å². The van der Waals surface area contributed by atoms with Crippen LogP contribution in [0, 0.1) is 10.1 Å². The van der Waals surface area contributed by atoms with Gasteiger partial charge in [0.2, 0.25) is 0 Å². The van der Waals surface area contributed by atoms with Crippen LogP contribution in [-0.4, -0.2) is 40.3 Å². The van der Waals surface area contributed by atoms with Crippen molar-refractivity contribution in [1.82, 2.24) is 4.90 Å². The van der Waals surface area contributed by atoms with Gasteiger partial charge in [0.05, 0.1) is 21.2 Å². The van der Waals surface area contributed by atoms with Crippen LogP contribution in [-0.2, 0) is 0 Å². The van der Waals surface area contributed by atoms with Gasteiger partial charge in [0.1, 0.15) is 0 Å². The number of non-ortho nitro benzene ring substituents is 1. The number of halogens is 1. The third-order valence-electron chi connectivity index (χ3n) is 2.85. The first-order valence-electron chi connectivity index (χ1n) is 5.61. The van der Waals surface area contributed by atoms with Crippen molar-refractivity contribution in [3.63, 3.8) is 0 Å². The molecule has 6 nitrogen and oxygen atoms in total. The Morgan fingerprint density at radius 2 is 2.05 bits per heavy atom. The molecular formula is C11H12ClN3O3S. The first-order chi connectivity index (χ1) is 9.00. The van der Waals surface area contributed by atoms with Gasteiger partial charge in [-0.05, 0) is 0 Å². The van der Waals surface area contributed by atoms with E-state index in [1.54, 1.807) is 16.7 Å². The summed E-state index contributed by atoms with van der Waals surface area (Å²) in [5.41, 5.74) is 5.72. The van der Waals surface area contributed by atoms with Gasteiger partial charge in [0.15, 0.2) is 0 Å². The van der Waals surface area contributed by atoms with Crippen molar-refractivity contribution >= 4 is 40.6 Å². The maximum absolute atomic E-state index is 12.3. The van der Waals surface area contributed by atoms with Crippen molar-refractivity contribution in [3.05, 3.63) is 32.8 Å². The highest BCUT2D eigenvalue weighted by Crippen LogP contribution is 2.30. The Hall–Kier alpha value is -1.47. The predicted octanol–water partition coefficient (Wildman–Crippen LogP) is 2.02. The molecule has 8 heteroatoms. The quantitative estimate of drug-likeness (QED) is 0.513. The Morgan fingerprint density at radius 3 is 2.63 bits per heavy atom. The highest BCUT2D eigenvalue weighted by molar-refractivity contribution is 7.99. The van der Waals surface area contributed by atoms with E-state index in [9.17, 15) is 14.9 Å². The van der Waals surface area contributed by atoms with E-state index in [2.05, 4.69) is 0 Å². The smallest absolute Gasteiger partial charge is 0.271 e. The van der Waals surface area contributed by atoms with Crippen molar-refractivity contribution in [1.29, 1.82) is 0 Å². The van der Waals surface area contributed by atoms with E-state index in [1.807, 2.05) is 0 Å². The Bertz CT molecular complexity index is 532. The van der Waals surface area contributed by atoms with E-state index >= 15 is 0 Å². The number of amides is 1. The standard InChI is InChI=1S/C11H12ClN3O3S/c12-9-6-7(15(17)18)5-8(10(9)13)11(16)14-1-3-19-4-2-14/h5-6H,1-4,13H2. The second kappa shape index (κ2) is 5.66. The van der Waals surface area contributed by atoms with Crippen molar-refractivity contribution in [2.45, 2.75) is 0 Å². The summed E-state index contributed by atoms with van der Waals surface area (Å²) in [6.07, 6.45) is 0. The molecule has 1 aliphatic rings. The van der Waals surface area contributed by atoms with Gasteiger partial charge < -0.3 is 10.6 Å². The average Bonchev–Trinajstić information content (AvgIpc) is 2.41. The molecule has 1 heterocycles. The van der Waals surface area contributed by atoms with Crippen LogP contribution in [0.4, 0.5) is 11.4 Å². The molecule has 19 heavy (non-hydrogen) atoms. The van der Waals surface area contributed by atoms with E-state index in [0.717, 1.165) is 17.6 Å². The zero-order valence-corrected chi connectivity index (χ0v) is 11.5. The van der Waals surface area contributed by atoms with Crippen LogP contribution in [0.25, 0.3) is 0 Å². The number of benzene rings is 1. The monoisotopic (exact) mass is 301 g/mol. The van der Waals surface area contributed by atoms with Crippen molar-refractivity contribution < 1.29 is 9.72 Å². The summed E-state index contributed by atoms with van der Waals surface area (Å²) >= 11 is 7.61. The number of nitrogen functional groups attached to an aromatic ring is 1. The minimum absolute atomic E-state index is 0.0314. The molecule has 0 atom stereocenters. The number of anilines is 1. The molecule has 1 aromatic rings. The number of nitro groups is 1. The van der Waals surface area contributed by atoms with Crippen LogP contribution in [0.1, 0.15) is 10.4 Å². The largest absolute Gasteiger partial charge is 0.397 e. The minimum atomic E-state index is -0.589. The third-order valence-corrected chi connectivity index (χ3v) is 4.11. The number of nitrogens with zero attached hydrogens (tertiary/aromatic N) is 2. The van der Waals surface area contributed by atoms with E-state index in [0.29, 0.717) is 13.1 Å². The molecule has 0 saturated carbocycles. The molecule has 2 N–H and O–H groups in total. The number of nitrogens with two attached hydrogens (primary N) is 1. The summed E-state index contributed by atoms with van der Waals surface area (Å²) in [5.74, 6) is 1.41. The molecule has 1 aliphatic heterocycles. The lowest BCUT2D eigenvalue weighted by Crippen LogP contribution is -2.38. The fourth-order valence-electron chi connectivity index (χ4n) is 1.82. The van der Waals surface area contributed by atoms with Crippen LogP contribution >= 0.6 is 23.4 Å². The zero-order chi connectivity index (χ0) is 14.0. The fraction of sp³-hybridized carbons (Fsp3) is 0.364. The number of carbonyl (C=O) groups excluding carboxylic acids is 1. The molecule has 1 amide bonds. The summed E-state index contributed by atoms with van der Waals surface area (Å²) in [6, 6.07) is 2.34. The Morgan fingerprint density at radius 1 is 1.42 bits per heavy atom. The van der Waals surface area contributed by atoms with E-state index in [1.165, 1.54) is 6.07 Å². The molecule has 102 valence electrons. The van der Waals surface area contributed by atoms with Gasteiger partial charge >= 0.3 is 0 Å². The third kappa shape index (κ3) is 2.93. The topological polar surface area (TPSA) is 89.5 Å². The maximum atomic E-state index is 12.3. The molecule has 0 bridgehead atoms. The first kappa shape index (κ1) is 14.0. The number of carbonyl (C=O) groups is 1. The van der Waals surface area contributed by atoms with Gasteiger partial charge in [-0.25, -0.2) is 0 Å². The molecule has 0 unspecified atom stereocenters. The Kier molecular flexibility index (Phi) is 4.16. The summed E-state index contributed by atoms with van der Waals surface area (Å²) in [6.45, 7) is 1.23. The average molecular weight is 302 g/mol. The lowest BCUT2D eigenvalue weighted by molar-refractivity contribution is -0.384. The zero-order valence-electron chi connectivity index (χ0n) is 9.97. The Balaban J connectivity index is 2.37. The molecule has 0 aromatic heterocycles. The van der Waals surface area contributed by atoms with Crippen LogP contribution in [0.2, 0.25) is 5.02 Å². The molecule has 1 saturated heterocycles. The number of nitro benzene ring substituents is 1. The molecule has 0 radical (unpaired) electrons. The molecular weight excluding hydrogens is 290 g/mol. The second-order valence-electron chi connectivity index (χ2n) is 4.05. The van der Waals surface area contributed by atoms with Gasteiger partial charge in [-0.2, -0.15) is 11.8 Å². The van der Waals surface area contributed by atoms with Crippen molar-refractivity contribution in [2.75, 3.05) is 30.3 Å². The van der Waals surface area contributed by atoms with Gasteiger partial charge in [0.25, 0.3) is 11.6 Å². The second-order valence-corrected chi connectivity index (χ2v) is 5.68. The van der Waals surface area contributed by atoms with Gasteiger partial charge in [-0.1, -0.05) is 11.6 Å². The highest BCUT2D eigenvalue weighted by Gasteiger charge is 2.24. The summed E-state index contributed by atoms with van der Waals surface area (Å²) in [5, 5.41) is 10.8. The van der Waals surface area contributed by atoms with Crippen LogP contribution in [0.15, 0.2) is 12.1 Å². The van der Waals surface area contributed by atoms with Crippen molar-refractivity contribution in [3.8, 4) is 0 Å². The predicted molar refractivity (Wildman–Crippen MR) is 75.7 cm³/mol. The Labute approximate surface area is 119 Å². The number of thioether (sulfide) groups is 1. The normalized spacial score (nSPS) is 15.3. The molecule has 0 aliphatic carbocycles. The lowest BCUT2D eigenvalue weighted by Gasteiger charge is -2.26. The van der Waals surface area contributed by atoms with Crippen molar-refractivity contribution in [2.24, 2.45) is 0 Å². The van der Waals surface area contributed by atoms with Crippen LogP contribution in [0.3, 0.4) is 0 Å². The molecule has 1 fully saturated rings. The van der Waals surface area contributed by atoms with Crippen LogP contribution < -0.4 is 5.73 Å². The number of rotatable bonds is 2. The van der Waals surface area contributed by atoms with Crippen LogP contribution in [0.5, 0.6) is 0 Å². The van der Waals surface area contributed by atoms with E-state index in [4.69, 9.17) is 17.3 Å². The van der Waals surface area contributed by atoms with E-state index in [-0.39, 0.29) is 27.9 Å². The summed E-state index contributed by atoms with van der Waals surface area (Å²) in [7, 11) is 0. The highest BCUT2D eigenvalue weighted by atomic mass is 35.5. The maximum Gasteiger partial charge on any atom is 0.271 e. The number of hydrogen-bond acceptors (Lipinski definition) is 5. The first-order valence-corrected chi connectivity index (χ1v) is 7.14. The fourth-order valence-corrected chi connectivity index (χ4v) is 2.94. The summed E-state index contributed by atoms with van der Waals surface area (Å²) in [4.78, 5) is 24.1. The van der Waals surface area contributed by atoms with Gasteiger partial charge in [-0.3, -0.25) is 14.9 Å². The van der Waals surface area contributed by atoms with Gasteiger partial charge in [-0.15, -0.1) is 0 Å². The lowest BCUT2D eigenvalue weighted by atomic mass is 10.1. The molecule has 2 rings (SSSR count). The van der Waals surface area contributed by atoms with E-state index < -0.39 is 4.92 Å².